The summed E-state index contributed by atoms with van der Waals surface area (Å²) in [5.41, 5.74) is 1.81. The molecule has 2 aromatic carbocycles. The molecule has 2 heterocycles. The van der Waals surface area contributed by atoms with E-state index in [0.717, 1.165) is 53.7 Å². The fourth-order valence-corrected chi connectivity index (χ4v) is 3.59. The first kappa shape index (κ1) is 20.7. The van der Waals surface area contributed by atoms with E-state index < -0.39 is 0 Å². The van der Waals surface area contributed by atoms with E-state index in [0.29, 0.717) is 13.1 Å². The number of hydrogen-bond acceptors (Lipinski definition) is 4. The number of amidine groups is 1. The van der Waals surface area contributed by atoms with Gasteiger partial charge in [0.25, 0.3) is 0 Å². The Bertz CT molecular complexity index is 1030. The molecule has 2 N–H and O–H groups in total. The normalized spacial score (nSPS) is 12.8. The van der Waals surface area contributed by atoms with Crippen molar-refractivity contribution >= 4 is 23.2 Å². The van der Waals surface area contributed by atoms with Crippen LogP contribution in [0.5, 0.6) is 11.5 Å². The molecule has 0 spiro atoms. The second-order valence-corrected chi connectivity index (χ2v) is 7.59. The van der Waals surface area contributed by atoms with Gasteiger partial charge in [0, 0.05) is 18.3 Å². The van der Waals surface area contributed by atoms with Crippen LogP contribution < -0.4 is 15.0 Å². The van der Waals surface area contributed by atoms with Crippen LogP contribution in [0.25, 0.3) is 0 Å². The second kappa shape index (κ2) is 9.98. The number of unbranched alkanes of at least 4 members (excludes halogenated alkanes) is 3. The number of ether oxygens (including phenoxy) is 1. The monoisotopic (exact) mass is 416 g/mol. The third-order valence-electron chi connectivity index (χ3n) is 5.26. The van der Waals surface area contributed by atoms with Gasteiger partial charge in [0.1, 0.15) is 29.8 Å². The Balaban J connectivity index is 1.39. The molecule has 3 aromatic rings. The first-order valence-electron chi connectivity index (χ1n) is 10.9. The summed E-state index contributed by atoms with van der Waals surface area (Å²) in [5.74, 6) is 3.25. The highest BCUT2D eigenvalue weighted by Gasteiger charge is 2.25. The zero-order valence-corrected chi connectivity index (χ0v) is 17.8. The van der Waals surface area contributed by atoms with Crippen molar-refractivity contribution < 1.29 is 9.53 Å². The zero-order chi connectivity index (χ0) is 21.5. The number of amides is 1. The number of carbonyl (C=O) groups excluding carboxylic acids is 1. The lowest BCUT2D eigenvalue weighted by Crippen LogP contribution is -2.36. The predicted molar refractivity (Wildman–Crippen MR) is 125 cm³/mol. The number of aliphatic imine (C=N–C) groups is 1. The van der Waals surface area contributed by atoms with Crippen molar-refractivity contribution in [2.24, 2.45) is 4.99 Å². The number of nitrogens with one attached hydrogen (secondary N) is 2. The van der Waals surface area contributed by atoms with Crippen molar-refractivity contribution in [3.8, 4) is 11.5 Å². The van der Waals surface area contributed by atoms with Crippen molar-refractivity contribution in [1.82, 2.24) is 4.98 Å². The second-order valence-electron chi connectivity index (χ2n) is 7.59. The van der Waals surface area contributed by atoms with Crippen LogP contribution >= 0.6 is 0 Å². The molecule has 0 bridgehead atoms. The summed E-state index contributed by atoms with van der Waals surface area (Å²) < 4.78 is 5.85. The van der Waals surface area contributed by atoms with Crippen LogP contribution in [-0.2, 0) is 4.79 Å². The molecular weight excluding hydrogens is 388 g/mol. The number of anilines is 2. The fraction of sp³-hybridized carbons (Fsp3) is 0.280. The number of benzene rings is 2. The Hall–Kier alpha value is -3.54. The average molecular weight is 417 g/mol. The number of para-hydroxylation sites is 1. The molecule has 0 unspecified atom stereocenters. The summed E-state index contributed by atoms with van der Waals surface area (Å²) in [6.45, 7) is 2.49. The number of hydrogen-bond donors (Lipinski definition) is 2. The average Bonchev–Trinajstić information content (AvgIpc) is 3.29. The SMILES string of the molecule is CCCCCCC(=O)N1CN=C(Nc2ccc(Oc3ccccc3)cc2)c2cc[nH]c21. The molecule has 1 amide bonds. The van der Waals surface area contributed by atoms with Crippen molar-refractivity contribution in [1.29, 1.82) is 0 Å². The Morgan fingerprint density at radius 1 is 1.03 bits per heavy atom. The molecule has 1 aliphatic heterocycles. The van der Waals surface area contributed by atoms with Gasteiger partial charge in [-0.2, -0.15) is 0 Å². The maximum Gasteiger partial charge on any atom is 0.229 e. The minimum absolute atomic E-state index is 0.116. The molecule has 0 atom stereocenters. The fourth-order valence-electron chi connectivity index (χ4n) is 3.59. The van der Waals surface area contributed by atoms with Gasteiger partial charge in [-0.15, -0.1) is 0 Å². The van der Waals surface area contributed by atoms with Gasteiger partial charge in [0.2, 0.25) is 5.91 Å². The minimum atomic E-state index is 0.116. The molecule has 1 aliphatic rings. The van der Waals surface area contributed by atoms with E-state index in [9.17, 15) is 4.79 Å². The summed E-state index contributed by atoms with van der Waals surface area (Å²) in [6.07, 6.45) is 6.75. The van der Waals surface area contributed by atoms with Crippen LogP contribution in [0.2, 0.25) is 0 Å². The van der Waals surface area contributed by atoms with E-state index in [-0.39, 0.29) is 5.91 Å². The molecule has 0 radical (unpaired) electrons. The summed E-state index contributed by atoms with van der Waals surface area (Å²) in [7, 11) is 0. The maximum atomic E-state index is 12.7. The molecule has 0 aliphatic carbocycles. The van der Waals surface area contributed by atoms with Crippen LogP contribution in [0.1, 0.15) is 44.6 Å². The molecule has 31 heavy (non-hydrogen) atoms. The van der Waals surface area contributed by atoms with Crippen LogP contribution in [0.3, 0.4) is 0 Å². The van der Waals surface area contributed by atoms with E-state index in [1.165, 1.54) is 6.42 Å². The van der Waals surface area contributed by atoms with Crippen LogP contribution in [-0.4, -0.2) is 23.4 Å². The van der Waals surface area contributed by atoms with Gasteiger partial charge in [0.05, 0.1) is 5.56 Å². The lowest BCUT2D eigenvalue weighted by atomic mass is 10.1. The Morgan fingerprint density at radius 3 is 2.58 bits per heavy atom. The van der Waals surface area contributed by atoms with Gasteiger partial charge in [-0.3, -0.25) is 9.69 Å². The number of aromatic amines is 1. The molecule has 0 fully saturated rings. The third-order valence-corrected chi connectivity index (χ3v) is 5.26. The molecule has 0 saturated carbocycles. The van der Waals surface area contributed by atoms with E-state index >= 15 is 0 Å². The van der Waals surface area contributed by atoms with E-state index in [2.05, 4.69) is 22.2 Å². The first-order chi connectivity index (χ1) is 15.2. The first-order valence-corrected chi connectivity index (χ1v) is 10.9. The minimum Gasteiger partial charge on any atom is -0.457 e. The Labute approximate surface area is 183 Å². The number of nitrogens with zero attached hydrogens (tertiary/aromatic N) is 2. The number of rotatable bonds is 8. The predicted octanol–water partition coefficient (Wildman–Crippen LogP) is 5.94. The van der Waals surface area contributed by atoms with Gasteiger partial charge < -0.3 is 15.0 Å². The standard InChI is InChI=1S/C25H28N4O2/c1-2-3-4-8-11-23(30)29-18-27-24(22-16-17-26-25(22)29)28-19-12-14-21(15-13-19)31-20-9-6-5-7-10-20/h5-7,9-10,12-17,26H,2-4,8,11,18H2,1H3,(H,27,28). The van der Waals surface area contributed by atoms with Crippen LogP contribution in [0.4, 0.5) is 11.5 Å². The van der Waals surface area contributed by atoms with Gasteiger partial charge in [-0.25, -0.2) is 4.99 Å². The van der Waals surface area contributed by atoms with Crippen molar-refractivity contribution in [3.05, 3.63) is 72.4 Å². The van der Waals surface area contributed by atoms with Gasteiger partial charge in [-0.1, -0.05) is 44.4 Å². The molecule has 6 nitrogen and oxygen atoms in total. The summed E-state index contributed by atoms with van der Waals surface area (Å²) in [5, 5.41) is 3.37. The van der Waals surface area contributed by atoms with Gasteiger partial charge >= 0.3 is 0 Å². The quantitative estimate of drug-likeness (QED) is 0.447. The van der Waals surface area contributed by atoms with Crippen LogP contribution in [0.15, 0.2) is 71.9 Å². The number of fused-ring (bicyclic) bond motifs is 1. The highest BCUT2D eigenvalue weighted by molar-refractivity contribution is 6.14. The van der Waals surface area contributed by atoms with Crippen molar-refractivity contribution in [2.75, 3.05) is 16.9 Å². The molecular formula is C25H28N4O2. The summed E-state index contributed by atoms with van der Waals surface area (Å²) >= 11 is 0. The van der Waals surface area contributed by atoms with Gasteiger partial charge in [0.15, 0.2) is 0 Å². The lowest BCUT2D eigenvalue weighted by molar-refractivity contribution is -0.118. The molecule has 4 rings (SSSR count). The summed E-state index contributed by atoms with van der Waals surface area (Å²) in [6, 6.07) is 19.4. The third kappa shape index (κ3) is 5.15. The number of aromatic nitrogens is 1. The van der Waals surface area contributed by atoms with Crippen molar-refractivity contribution in [3.63, 3.8) is 0 Å². The molecule has 6 heteroatoms. The molecule has 160 valence electrons. The van der Waals surface area contributed by atoms with E-state index in [4.69, 9.17) is 4.74 Å². The highest BCUT2D eigenvalue weighted by atomic mass is 16.5. The number of carbonyl (C=O) groups is 1. The Kier molecular flexibility index (Phi) is 6.67. The van der Waals surface area contributed by atoms with E-state index in [1.807, 2.05) is 66.9 Å². The zero-order valence-electron chi connectivity index (χ0n) is 17.8. The Morgan fingerprint density at radius 2 is 1.81 bits per heavy atom. The lowest BCUT2D eigenvalue weighted by Gasteiger charge is -2.26. The van der Waals surface area contributed by atoms with Crippen molar-refractivity contribution in [2.45, 2.75) is 39.0 Å². The van der Waals surface area contributed by atoms with E-state index in [1.54, 1.807) is 4.90 Å². The number of H-pyrrole nitrogens is 1. The largest absolute Gasteiger partial charge is 0.457 e. The summed E-state index contributed by atoms with van der Waals surface area (Å²) in [4.78, 5) is 22.3. The van der Waals surface area contributed by atoms with Gasteiger partial charge in [-0.05, 0) is 48.9 Å². The maximum absolute atomic E-state index is 12.7. The molecule has 0 saturated heterocycles. The van der Waals surface area contributed by atoms with Crippen LogP contribution in [0, 0.1) is 0 Å². The smallest absolute Gasteiger partial charge is 0.229 e. The molecule has 1 aromatic heterocycles. The highest BCUT2D eigenvalue weighted by Crippen LogP contribution is 2.27. The topological polar surface area (TPSA) is 69.7 Å².